The molecule has 0 rings (SSSR count). The van der Waals surface area contributed by atoms with Crippen molar-refractivity contribution in [1.29, 1.82) is 0 Å². The molecule has 0 aliphatic heterocycles. The van der Waals surface area contributed by atoms with Crippen LogP contribution in [0.5, 0.6) is 0 Å². The largest absolute Gasteiger partial charge is 1.00 e. The van der Waals surface area contributed by atoms with Gasteiger partial charge < -0.3 is 44.4 Å². The molecule has 0 unspecified atom stereocenters. The van der Waals surface area contributed by atoms with Gasteiger partial charge in [-0.3, -0.25) is 9.59 Å². The molecule has 2 amide bonds. The van der Waals surface area contributed by atoms with E-state index < -0.39 is 0 Å². The van der Waals surface area contributed by atoms with Crippen molar-refractivity contribution in [3.05, 3.63) is 0 Å². The SMILES string of the molecule is C[N+](C)(C)CC(=O)NCCNC(=O)C[N+](C)(C)C.[Cl-].[Cl-]. The van der Waals surface area contributed by atoms with Gasteiger partial charge >= 0.3 is 0 Å². The Balaban J connectivity index is -0.00000144. The lowest BCUT2D eigenvalue weighted by molar-refractivity contribution is -0.862. The third kappa shape index (κ3) is 17.4. The van der Waals surface area contributed by atoms with Gasteiger partial charge in [0.1, 0.15) is 0 Å². The molecule has 20 heavy (non-hydrogen) atoms. The Hall–Kier alpha value is -0.560. The molecule has 0 saturated heterocycles. The number of quaternary nitrogens is 2. The van der Waals surface area contributed by atoms with E-state index in [-0.39, 0.29) is 36.6 Å². The molecular formula is C12H28Cl2N4O2. The standard InChI is InChI=1S/C12H26N4O2.2ClH/c1-15(2,3)9-11(17)13-7-8-14-12(18)10-16(4,5)6;;/h7-10H2,1-6H3;2*1H. The predicted octanol–water partition coefficient (Wildman–Crippen LogP) is -7.36. The Kier molecular flexibility index (Phi) is 12.5. The van der Waals surface area contributed by atoms with Crippen molar-refractivity contribution >= 4 is 11.8 Å². The van der Waals surface area contributed by atoms with E-state index in [4.69, 9.17) is 0 Å². The number of carbonyl (C=O) groups is 2. The van der Waals surface area contributed by atoms with Crippen LogP contribution in [0.25, 0.3) is 0 Å². The summed E-state index contributed by atoms with van der Waals surface area (Å²) in [4.78, 5) is 23.0. The zero-order valence-electron chi connectivity index (χ0n) is 13.3. The molecule has 0 atom stereocenters. The van der Waals surface area contributed by atoms with Crippen LogP contribution in [0.3, 0.4) is 0 Å². The van der Waals surface area contributed by atoms with Crippen molar-refractivity contribution in [3.8, 4) is 0 Å². The molecule has 0 radical (unpaired) electrons. The lowest BCUT2D eigenvalue weighted by atomic mass is 10.4. The van der Waals surface area contributed by atoms with Gasteiger partial charge in [-0.25, -0.2) is 0 Å². The van der Waals surface area contributed by atoms with Crippen molar-refractivity contribution in [1.82, 2.24) is 10.6 Å². The molecule has 0 saturated carbocycles. The summed E-state index contributed by atoms with van der Waals surface area (Å²) in [5.74, 6) is 0.00621. The minimum Gasteiger partial charge on any atom is -1.00 e. The molecule has 0 fully saturated rings. The minimum atomic E-state index is 0. The lowest BCUT2D eigenvalue weighted by Crippen LogP contribution is -3.00. The summed E-state index contributed by atoms with van der Waals surface area (Å²) in [5, 5.41) is 5.57. The van der Waals surface area contributed by atoms with Crippen LogP contribution in [0.2, 0.25) is 0 Å². The first-order valence-electron chi connectivity index (χ1n) is 6.14. The molecule has 0 spiro atoms. The van der Waals surface area contributed by atoms with Crippen LogP contribution < -0.4 is 35.4 Å². The quantitative estimate of drug-likeness (QED) is 0.360. The van der Waals surface area contributed by atoms with Crippen LogP contribution in [0.15, 0.2) is 0 Å². The summed E-state index contributed by atoms with van der Waals surface area (Å²) in [6.45, 7) is 1.82. The van der Waals surface area contributed by atoms with Gasteiger partial charge in [-0.05, 0) is 0 Å². The summed E-state index contributed by atoms with van der Waals surface area (Å²) >= 11 is 0. The fourth-order valence-corrected chi connectivity index (χ4v) is 1.38. The Morgan fingerprint density at radius 3 is 1.15 bits per heavy atom. The maximum atomic E-state index is 11.5. The van der Waals surface area contributed by atoms with Crippen LogP contribution in [0.4, 0.5) is 0 Å². The maximum Gasteiger partial charge on any atom is 0.275 e. The topological polar surface area (TPSA) is 58.2 Å². The fraction of sp³-hybridized carbons (Fsp3) is 0.833. The molecular weight excluding hydrogens is 303 g/mol. The summed E-state index contributed by atoms with van der Waals surface area (Å²) in [6, 6.07) is 0. The van der Waals surface area contributed by atoms with Gasteiger partial charge in [-0.15, -0.1) is 0 Å². The molecule has 0 heterocycles. The zero-order valence-corrected chi connectivity index (χ0v) is 14.8. The molecule has 0 bridgehead atoms. The number of hydrogen-bond donors (Lipinski definition) is 2. The van der Waals surface area contributed by atoms with E-state index in [2.05, 4.69) is 10.6 Å². The maximum absolute atomic E-state index is 11.5. The van der Waals surface area contributed by atoms with Crippen LogP contribution in [-0.4, -0.2) is 89.2 Å². The number of likely N-dealkylation sites (N-methyl/N-ethyl adjacent to an activating group) is 2. The number of nitrogens with zero attached hydrogens (tertiary/aromatic N) is 2. The summed E-state index contributed by atoms with van der Waals surface area (Å²) in [5.41, 5.74) is 0. The predicted molar refractivity (Wildman–Crippen MR) is 71.8 cm³/mol. The first kappa shape index (κ1) is 24.5. The van der Waals surface area contributed by atoms with E-state index in [1.807, 2.05) is 42.3 Å². The lowest BCUT2D eigenvalue weighted by Gasteiger charge is -2.23. The highest BCUT2D eigenvalue weighted by molar-refractivity contribution is 5.78. The van der Waals surface area contributed by atoms with Crippen molar-refractivity contribution in [2.45, 2.75) is 0 Å². The van der Waals surface area contributed by atoms with E-state index >= 15 is 0 Å². The molecule has 0 aromatic carbocycles. The van der Waals surface area contributed by atoms with Gasteiger partial charge in [-0.1, -0.05) is 0 Å². The van der Waals surface area contributed by atoms with Crippen LogP contribution in [0, 0.1) is 0 Å². The van der Waals surface area contributed by atoms with Gasteiger partial charge in [0.15, 0.2) is 13.1 Å². The highest BCUT2D eigenvalue weighted by atomic mass is 35.5. The third-order valence-electron chi connectivity index (χ3n) is 2.01. The first-order valence-corrected chi connectivity index (χ1v) is 6.14. The second-order valence-electron chi connectivity index (χ2n) is 6.60. The number of halogens is 2. The first-order chi connectivity index (χ1) is 7.99. The van der Waals surface area contributed by atoms with Crippen molar-refractivity contribution < 1.29 is 43.4 Å². The van der Waals surface area contributed by atoms with Gasteiger partial charge in [0.25, 0.3) is 11.8 Å². The van der Waals surface area contributed by atoms with Crippen molar-refractivity contribution in [3.63, 3.8) is 0 Å². The van der Waals surface area contributed by atoms with Crippen LogP contribution in [0.1, 0.15) is 0 Å². The van der Waals surface area contributed by atoms with Gasteiger partial charge in [-0.2, -0.15) is 0 Å². The van der Waals surface area contributed by atoms with E-state index in [1.54, 1.807) is 0 Å². The Morgan fingerprint density at radius 1 is 0.700 bits per heavy atom. The van der Waals surface area contributed by atoms with Crippen LogP contribution in [-0.2, 0) is 9.59 Å². The number of carbonyl (C=O) groups excluding carboxylic acids is 2. The van der Waals surface area contributed by atoms with Gasteiger partial charge in [0, 0.05) is 13.1 Å². The summed E-state index contributed by atoms with van der Waals surface area (Å²) in [7, 11) is 11.8. The molecule has 0 aromatic rings. The van der Waals surface area contributed by atoms with Gasteiger partial charge in [0.05, 0.1) is 42.3 Å². The second-order valence-corrected chi connectivity index (χ2v) is 6.60. The highest BCUT2D eigenvalue weighted by Gasteiger charge is 2.15. The second kappa shape index (κ2) is 10.2. The summed E-state index contributed by atoms with van der Waals surface area (Å²) in [6.07, 6.45) is 0. The molecule has 2 N–H and O–H groups in total. The number of nitrogens with one attached hydrogen (secondary N) is 2. The normalized spacial score (nSPS) is 10.9. The Morgan fingerprint density at radius 2 is 0.950 bits per heavy atom. The van der Waals surface area contributed by atoms with E-state index in [0.717, 1.165) is 0 Å². The van der Waals surface area contributed by atoms with E-state index in [0.29, 0.717) is 35.1 Å². The van der Waals surface area contributed by atoms with Crippen molar-refractivity contribution in [2.24, 2.45) is 0 Å². The molecule has 0 aromatic heterocycles. The van der Waals surface area contributed by atoms with Crippen LogP contribution >= 0.6 is 0 Å². The Labute approximate surface area is 134 Å². The third-order valence-corrected chi connectivity index (χ3v) is 2.01. The molecule has 122 valence electrons. The van der Waals surface area contributed by atoms with E-state index in [1.165, 1.54) is 0 Å². The van der Waals surface area contributed by atoms with E-state index in [9.17, 15) is 9.59 Å². The number of hydrogen-bond acceptors (Lipinski definition) is 2. The smallest absolute Gasteiger partial charge is 0.275 e. The summed E-state index contributed by atoms with van der Waals surface area (Å²) < 4.78 is 1.19. The average molecular weight is 331 g/mol. The Bertz CT molecular complexity index is 269. The number of rotatable bonds is 7. The highest BCUT2D eigenvalue weighted by Crippen LogP contribution is 1.88. The monoisotopic (exact) mass is 330 g/mol. The zero-order chi connectivity index (χ0) is 14.4. The fourth-order valence-electron chi connectivity index (χ4n) is 1.38. The van der Waals surface area contributed by atoms with Crippen molar-refractivity contribution in [2.75, 3.05) is 68.5 Å². The van der Waals surface area contributed by atoms with Gasteiger partial charge in [0.2, 0.25) is 0 Å². The molecule has 0 aliphatic rings. The minimum absolute atomic E-state index is 0. The molecule has 8 heteroatoms. The molecule has 0 aliphatic carbocycles. The number of amides is 2. The average Bonchev–Trinajstić information content (AvgIpc) is 2.06. The molecule has 6 nitrogen and oxygen atoms in total.